The number of benzene rings is 2. The Kier molecular flexibility index (Phi) is 26.5. The molecule has 0 unspecified atom stereocenters. The van der Waals surface area contributed by atoms with E-state index >= 15 is 0 Å². The molecule has 0 amide bonds. The molecule has 0 heterocycles. The van der Waals surface area contributed by atoms with Crippen molar-refractivity contribution in [2.75, 3.05) is 0 Å². The van der Waals surface area contributed by atoms with Crippen LogP contribution in [0, 0.1) is 12.2 Å². The summed E-state index contributed by atoms with van der Waals surface area (Å²) in [5, 5.41) is 5.32. The molecule has 0 N–H and O–H groups in total. The standard InChI is InChI=1S/2C9H7.2C5H5.2C3H6.2ClH.2Zr/c2*1-2-5-9-7-3-6-8(9)4-1;2*1-2-4-5-3-1;2*1-3-2;;;;/h2*1-7H;2*1-3H,4H2;2*1-2H3;2*1H;;/q4*-1;;;;;2*+2/p-2. The van der Waals surface area contributed by atoms with Gasteiger partial charge in [0.15, 0.2) is 0 Å². The number of rotatable bonds is 0. The molecule has 0 saturated carbocycles. The van der Waals surface area contributed by atoms with Crippen LogP contribution in [0.5, 0.6) is 0 Å². The maximum absolute atomic E-state index is 2.99. The number of fused-ring (bicyclic) bond motifs is 2. The van der Waals surface area contributed by atoms with Gasteiger partial charge in [-0.05, 0) is 0 Å². The second-order valence-corrected chi connectivity index (χ2v) is 13.2. The van der Waals surface area contributed by atoms with Crippen LogP contribution in [0.2, 0.25) is 0 Å². The fourth-order valence-corrected chi connectivity index (χ4v) is 2.82. The molecule has 0 atom stereocenters. The van der Waals surface area contributed by atoms with Crippen LogP contribution < -0.4 is 24.8 Å². The van der Waals surface area contributed by atoms with E-state index < -0.39 is 0 Å². The van der Waals surface area contributed by atoms with E-state index in [9.17, 15) is 0 Å². The van der Waals surface area contributed by atoms with Crippen molar-refractivity contribution in [3.63, 3.8) is 0 Å². The van der Waals surface area contributed by atoms with Crippen LogP contribution in [-0.4, -0.2) is 6.41 Å². The van der Waals surface area contributed by atoms with Crippen molar-refractivity contribution >= 4 is 28.0 Å². The summed E-state index contributed by atoms with van der Waals surface area (Å²) < 4.78 is 3.01. The fourth-order valence-electron chi connectivity index (χ4n) is 2.82. The van der Waals surface area contributed by atoms with Gasteiger partial charge in [0.25, 0.3) is 0 Å². The van der Waals surface area contributed by atoms with E-state index in [4.69, 9.17) is 0 Å². The summed E-state index contributed by atoms with van der Waals surface area (Å²) in [7, 11) is 0. The van der Waals surface area contributed by atoms with Gasteiger partial charge in [0.05, 0.1) is 0 Å². The fraction of sp³-hybridized carbons (Fsp3) is 0.176. The van der Waals surface area contributed by atoms with Crippen LogP contribution in [0.1, 0.15) is 40.5 Å². The van der Waals surface area contributed by atoms with Crippen molar-refractivity contribution in [1.82, 2.24) is 0 Å². The molecule has 0 nitrogen and oxygen atoms in total. The first-order valence-corrected chi connectivity index (χ1v) is 14.5. The Hall–Kier alpha value is -1.29. The van der Waals surface area contributed by atoms with E-state index in [1.54, 1.807) is 48.5 Å². The SMILES string of the molecule is C[C](C)=[Zr+2].C[C](C)=[Zr+2].[C-]1=CC=CC1.[C-]1=CC=CC1.[Cl-].[Cl-].c1ccc2[cH-]ccc2c1.c1ccc2[cH-]ccc2c1. The van der Waals surface area contributed by atoms with Gasteiger partial charge < -0.3 is 24.8 Å². The summed E-state index contributed by atoms with van der Waals surface area (Å²) in [5.41, 5.74) is 0. The van der Waals surface area contributed by atoms with E-state index in [1.165, 1.54) is 28.0 Å². The van der Waals surface area contributed by atoms with Gasteiger partial charge in [-0.3, -0.25) is 12.2 Å². The Labute approximate surface area is 272 Å². The minimum absolute atomic E-state index is 0. The van der Waals surface area contributed by atoms with Crippen molar-refractivity contribution in [3.05, 3.63) is 134 Å². The summed E-state index contributed by atoms with van der Waals surface area (Å²) in [6.07, 6.45) is 20.0. The maximum Gasteiger partial charge on any atom is -0.0809 e. The average Bonchev–Trinajstić information content (AvgIpc) is 3.68. The molecular formula is C34H36Cl2Zr2-2. The third-order valence-electron chi connectivity index (χ3n) is 4.27. The molecule has 2 aliphatic carbocycles. The van der Waals surface area contributed by atoms with Gasteiger partial charge in [-0.1, -0.05) is 12.1 Å². The monoisotopic (exact) mass is 694 g/mol. The van der Waals surface area contributed by atoms with Gasteiger partial charge in [0.2, 0.25) is 0 Å². The zero-order chi connectivity index (χ0) is 26.4. The van der Waals surface area contributed by atoms with Crippen molar-refractivity contribution in [2.45, 2.75) is 40.5 Å². The van der Waals surface area contributed by atoms with Gasteiger partial charge in [-0.15, -0.1) is 72.1 Å². The summed E-state index contributed by atoms with van der Waals surface area (Å²) >= 11 is 3.11. The van der Waals surface area contributed by atoms with Crippen molar-refractivity contribution < 1.29 is 73.3 Å². The number of allylic oxidation sites excluding steroid dienone is 8. The zero-order valence-electron chi connectivity index (χ0n) is 22.7. The van der Waals surface area contributed by atoms with Crippen LogP contribution in [0.4, 0.5) is 0 Å². The molecular weight excluding hydrogens is 662 g/mol. The normalized spacial score (nSPS) is 10.9. The van der Waals surface area contributed by atoms with Gasteiger partial charge in [-0.25, -0.2) is 24.3 Å². The second kappa shape index (κ2) is 26.0. The quantitative estimate of drug-likeness (QED) is 0.248. The van der Waals surface area contributed by atoms with Crippen LogP contribution in [0.15, 0.2) is 121 Å². The third-order valence-corrected chi connectivity index (χ3v) is 4.27. The van der Waals surface area contributed by atoms with Crippen LogP contribution in [-0.2, 0) is 48.5 Å². The topological polar surface area (TPSA) is 0 Å². The predicted octanol–water partition coefficient (Wildman–Crippen LogP) is 3.23. The Balaban J connectivity index is 0. The van der Waals surface area contributed by atoms with E-state index in [0.717, 1.165) is 12.8 Å². The number of hydrogen-bond donors (Lipinski definition) is 0. The van der Waals surface area contributed by atoms with Crippen LogP contribution in [0.25, 0.3) is 21.5 Å². The minimum Gasteiger partial charge on any atom is -1.00 e. The molecule has 0 bridgehead atoms. The molecule has 0 aromatic heterocycles. The molecule has 0 fully saturated rings. The largest absolute Gasteiger partial charge is 1.00 e. The Bertz CT molecular complexity index is 1080. The Morgan fingerprint density at radius 2 is 0.947 bits per heavy atom. The minimum atomic E-state index is 0. The third kappa shape index (κ3) is 21.6. The molecule has 38 heavy (non-hydrogen) atoms. The predicted molar refractivity (Wildman–Crippen MR) is 155 cm³/mol. The van der Waals surface area contributed by atoms with Crippen molar-refractivity contribution in [1.29, 1.82) is 0 Å². The van der Waals surface area contributed by atoms with E-state index in [0.29, 0.717) is 0 Å². The first-order valence-electron chi connectivity index (χ1n) is 12.1. The van der Waals surface area contributed by atoms with Gasteiger partial charge in [0, 0.05) is 0 Å². The van der Waals surface area contributed by atoms with E-state index in [2.05, 4.69) is 137 Å². The van der Waals surface area contributed by atoms with Gasteiger partial charge in [0.1, 0.15) is 0 Å². The molecule has 0 radical (unpaired) electrons. The molecule has 0 spiro atoms. The second-order valence-electron chi connectivity index (χ2n) is 8.32. The molecule has 0 saturated heterocycles. The maximum atomic E-state index is 2.99. The summed E-state index contributed by atoms with van der Waals surface area (Å²) in [6.45, 7) is 8.49. The number of hydrogen-bond acceptors (Lipinski definition) is 0. The van der Waals surface area contributed by atoms with Crippen molar-refractivity contribution in [2.24, 2.45) is 0 Å². The van der Waals surface area contributed by atoms with Crippen molar-refractivity contribution in [3.8, 4) is 0 Å². The Morgan fingerprint density at radius 3 is 1.18 bits per heavy atom. The summed E-state index contributed by atoms with van der Waals surface area (Å²) in [6, 6.07) is 29.3. The zero-order valence-corrected chi connectivity index (χ0v) is 29.1. The summed E-state index contributed by atoms with van der Waals surface area (Å²) in [4.78, 5) is 0. The first kappa shape index (κ1) is 38.9. The van der Waals surface area contributed by atoms with Crippen LogP contribution >= 0.6 is 0 Å². The van der Waals surface area contributed by atoms with E-state index in [1.807, 2.05) is 24.3 Å². The van der Waals surface area contributed by atoms with Crippen LogP contribution in [0.3, 0.4) is 0 Å². The smallest absolute Gasteiger partial charge is 0.0809 e. The molecule has 4 heteroatoms. The first-order chi connectivity index (χ1) is 17.4. The molecule has 6 rings (SSSR count). The van der Waals surface area contributed by atoms with E-state index in [-0.39, 0.29) is 24.8 Å². The molecule has 4 aromatic carbocycles. The van der Waals surface area contributed by atoms with Gasteiger partial charge in [-0.2, -0.15) is 47.2 Å². The van der Waals surface area contributed by atoms with Gasteiger partial charge >= 0.3 is 82.6 Å². The Morgan fingerprint density at radius 1 is 0.605 bits per heavy atom. The summed E-state index contributed by atoms with van der Waals surface area (Å²) in [5.74, 6) is 0. The average molecular weight is 698 g/mol. The molecule has 2 aliphatic rings. The number of halogens is 2. The molecule has 0 aliphatic heterocycles. The molecule has 4 aromatic rings. The molecule has 196 valence electrons.